The lowest BCUT2D eigenvalue weighted by Crippen LogP contribution is -2.62. The molecular formula is C29H66N6. The van der Waals surface area contributed by atoms with Gasteiger partial charge < -0.3 is 24.9 Å². The lowest BCUT2D eigenvalue weighted by Gasteiger charge is -2.46. The summed E-state index contributed by atoms with van der Waals surface area (Å²) in [4.78, 5) is 13.0. The molecule has 0 aromatic carbocycles. The summed E-state index contributed by atoms with van der Waals surface area (Å²) in [5.41, 5.74) is 0. The first kappa shape index (κ1) is 34.8. The van der Waals surface area contributed by atoms with Crippen LogP contribution in [0.2, 0.25) is 0 Å². The van der Waals surface area contributed by atoms with Gasteiger partial charge in [-0.05, 0) is 38.4 Å². The molecule has 6 nitrogen and oxygen atoms in total. The van der Waals surface area contributed by atoms with Gasteiger partial charge in [0.1, 0.15) is 0 Å². The first-order valence-electron chi connectivity index (χ1n) is 15.6. The molecule has 4 heterocycles. The van der Waals surface area contributed by atoms with E-state index in [0.29, 0.717) is 0 Å². The molecule has 212 valence electrons. The van der Waals surface area contributed by atoms with E-state index in [1.807, 2.05) is 41.5 Å². The van der Waals surface area contributed by atoms with Crippen LogP contribution in [-0.4, -0.2) is 135 Å². The van der Waals surface area contributed by atoms with Crippen LogP contribution >= 0.6 is 0 Å². The van der Waals surface area contributed by atoms with Crippen molar-refractivity contribution in [3.8, 4) is 0 Å². The number of likely N-dealkylation sites (N-methyl/N-ethyl adjacent to an activating group) is 1. The van der Waals surface area contributed by atoms with E-state index in [1.165, 1.54) is 118 Å². The van der Waals surface area contributed by atoms with Gasteiger partial charge in [0.2, 0.25) is 0 Å². The minimum Gasteiger partial charge on any atom is -0.314 e. The Kier molecular flexibility index (Phi) is 22.8. The van der Waals surface area contributed by atoms with Gasteiger partial charge in [0.15, 0.2) is 0 Å². The number of rotatable bonds is 8. The van der Waals surface area contributed by atoms with Gasteiger partial charge >= 0.3 is 0 Å². The first-order chi connectivity index (χ1) is 17.2. The number of hydrogen-bond acceptors (Lipinski definition) is 6. The Balaban J connectivity index is 0.000000551. The van der Waals surface area contributed by atoms with Gasteiger partial charge in [-0.25, -0.2) is 0 Å². The van der Waals surface area contributed by atoms with E-state index >= 15 is 0 Å². The third kappa shape index (κ3) is 13.8. The smallest absolute Gasteiger partial charge is 0.0351 e. The van der Waals surface area contributed by atoms with E-state index in [9.17, 15) is 0 Å². The third-order valence-electron chi connectivity index (χ3n) is 7.15. The van der Waals surface area contributed by atoms with Crippen LogP contribution in [0.4, 0.5) is 0 Å². The summed E-state index contributed by atoms with van der Waals surface area (Å²) < 4.78 is 0. The van der Waals surface area contributed by atoms with Crippen molar-refractivity contribution >= 4 is 0 Å². The maximum Gasteiger partial charge on any atom is 0.0351 e. The minimum absolute atomic E-state index is 0.869. The summed E-state index contributed by atoms with van der Waals surface area (Å²) in [6.07, 6.45) is 2.61. The lowest BCUT2D eigenvalue weighted by atomic mass is 9.99. The molecule has 0 radical (unpaired) electrons. The Bertz CT molecular complexity index is 423. The van der Waals surface area contributed by atoms with Crippen LogP contribution < -0.4 is 5.32 Å². The molecule has 0 aromatic rings. The predicted molar refractivity (Wildman–Crippen MR) is 158 cm³/mol. The second-order valence-electron chi connectivity index (χ2n) is 9.56. The van der Waals surface area contributed by atoms with Crippen LogP contribution in [0.15, 0.2) is 0 Å². The van der Waals surface area contributed by atoms with Crippen LogP contribution in [-0.2, 0) is 0 Å². The van der Waals surface area contributed by atoms with Gasteiger partial charge in [0.05, 0.1) is 0 Å². The van der Waals surface area contributed by atoms with Gasteiger partial charge in [0.25, 0.3) is 0 Å². The summed E-state index contributed by atoms with van der Waals surface area (Å²) in [7, 11) is 0. The standard InChI is InChI=1S/C13H27N3.C10H21N3.3C2H6/c1-3-5-16-11-13(12-16)10-15-8-6-14(4-2)7-9-15;1-2-5-12-8-10(9-12)13-6-3-11-4-7-13;3*1-2/h13H,3-12H2,1-2H3;10-11H,2-9H2,1H3;3*1-2H3. The Morgan fingerprint density at radius 1 is 0.571 bits per heavy atom. The monoisotopic (exact) mass is 499 g/mol. The fourth-order valence-electron chi connectivity index (χ4n) is 5.26. The van der Waals surface area contributed by atoms with E-state index < -0.39 is 0 Å². The molecule has 0 aliphatic carbocycles. The fourth-order valence-corrected chi connectivity index (χ4v) is 5.26. The number of nitrogens with one attached hydrogen (secondary N) is 1. The van der Waals surface area contributed by atoms with Crippen LogP contribution in [0.3, 0.4) is 0 Å². The Morgan fingerprint density at radius 3 is 1.49 bits per heavy atom. The molecule has 0 unspecified atom stereocenters. The van der Waals surface area contributed by atoms with Gasteiger partial charge in [-0.15, -0.1) is 0 Å². The molecule has 4 fully saturated rings. The lowest BCUT2D eigenvalue weighted by molar-refractivity contribution is 0.0276. The van der Waals surface area contributed by atoms with E-state index in [2.05, 4.69) is 50.6 Å². The molecule has 0 bridgehead atoms. The predicted octanol–water partition coefficient (Wildman–Crippen LogP) is 4.03. The SMILES string of the molecule is CC.CC.CC.CCCN1CC(CN2CCN(CC)CC2)C1.CCCN1CC(N2CCNCC2)C1. The van der Waals surface area contributed by atoms with Crippen molar-refractivity contribution in [2.24, 2.45) is 5.92 Å². The van der Waals surface area contributed by atoms with Crippen molar-refractivity contribution in [3.05, 3.63) is 0 Å². The first-order valence-corrected chi connectivity index (χ1v) is 15.6. The van der Waals surface area contributed by atoms with Crippen molar-refractivity contribution < 1.29 is 0 Å². The molecule has 4 aliphatic rings. The number of nitrogens with zero attached hydrogens (tertiary/aromatic N) is 5. The number of piperazine rings is 2. The highest BCUT2D eigenvalue weighted by atomic mass is 15.3. The van der Waals surface area contributed by atoms with Crippen molar-refractivity contribution in [2.75, 3.05) is 105 Å². The molecule has 4 aliphatic heterocycles. The van der Waals surface area contributed by atoms with Crippen molar-refractivity contribution in [1.82, 2.24) is 29.8 Å². The van der Waals surface area contributed by atoms with E-state index in [1.54, 1.807) is 0 Å². The highest BCUT2D eigenvalue weighted by Crippen LogP contribution is 2.18. The molecule has 0 amide bonds. The Labute approximate surface area is 221 Å². The second kappa shape index (κ2) is 22.9. The van der Waals surface area contributed by atoms with Gasteiger partial charge in [-0.2, -0.15) is 0 Å². The van der Waals surface area contributed by atoms with Gasteiger partial charge in [0, 0.05) is 91.1 Å². The average molecular weight is 499 g/mol. The zero-order valence-electron chi connectivity index (χ0n) is 25.6. The molecular weight excluding hydrogens is 432 g/mol. The van der Waals surface area contributed by atoms with Crippen LogP contribution in [0, 0.1) is 5.92 Å². The van der Waals surface area contributed by atoms with E-state index in [-0.39, 0.29) is 0 Å². The third-order valence-corrected chi connectivity index (χ3v) is 7.15. The Hall–Kier alpha value is -0.240. The summed E-state index contributed by atoms with van der Waals surface area (Å²) in [5, 5.41) is 3.40. The zero-order chi connectivity index (χ0) is 26.5. The quantitative estimate of drug-likeness (QED) is 0.543. The molecule has 4 rings (SSSR count). The minimum atomic E-state index is 0.869. The van der Waals surface area contributed by atoms with Crippen molar-refractivity contribution in [1.29, 1.82) is 0 Å². The zero-order valence-corrected chi connectivity index (χ0v) is 25.6. The van der Waals surface area contributed by atoms with Gasteiger partial charge in [-0.1, -0.05) is 62.3 Å². The molecule has 35 heavy (non-hydrogen) atoms. The molecule has 0 saturated carbocycles. The van der Waals surface area contributed by atoms with Crippen LogP contribution in [0.25, 0.3) is 0 Å². The summed E-state index contributed by atoms with van der Waals surface area (Å²) >= 11 is 0. The summed E-state index contributed by atoms with van der Waals surface area (Å²) in [5.74, 6) is 0.958. The topological polar surface area (TPSA) is 28.2 Å². The van der Waals surface area contributed by atoms with Crippen LogP contribution in [0.5, 0.6) is 0 Å². The molecule has 4 saturated heterocycles. The normalized spacial score (nSPS) is 22.5. The average Bonchev–Trinajstić information content (AvgIpc) is 2.89. The Morgan fingerprint density at radius 2 is 1.03 bits per heavy atom. The molecule has 1 N–H and O–H groups in total. The highest BCUT2D eigenvalue weighted by molar-refractivity contribution is 4.89. The van der Waals surface area contributed by atoms with Crippen LogP contribution in [0.1, 0.15) is 75.2 Å². The fraction of sp³-hybridized carbons (Fsp3) is 1.00. The van der Waals surface area contributed by atoms with E-state index in [0.717, 1.165) is 12.0 Å². The second-order valence-corrected chi connectivity index (χ2v) is 9.56. The molecule has 6 heteroatoms. The maximum atomic E-state index is 3.40. The van der Waals surface area contributed by atoms with Crippen molar-refractivity contribution in [3.63, 3.8) is 0 Å². The largest absolute Gasteiger partial charge is 0.314 e. The maximum absolute atomic E-state index is 3.40. The summed E-state index contributed by atoms with van der Waals surface area (Å²) in [6.45, 7) is 39.3. The molecule has 0 spiro atoms. The number of likely N-dealkylation sites (tertiary alicyclic amines) is 2. The summed E-state index contributed by atoms with van der Waals surface area (Å²) in [6, 6.07) is 0.869. The molecule has 0 aromatic heterocycles. The number of hydrogen-bond donors (Lipinski definition) is 1. The van der Waals surface area contributed by atoms with Gasteiger partial charge in [-0.3, -0.25) is 4.90 Å². The highest BCUT2D eigenvalue weighted by Gasteiger charge is 2.31. The van der Waals surface area contributed by atoms with Crippen molar-refractivity contribution in [2.45, 2.75) is 81.2 Å². The van der Waals surface area contributed by atoms with E-state index in [4.69, 9.17) is 0 Å². The molecule has 0 atom stereocenters.